The lowest BCUT2D eigenvalue weighted by atomic mass is 10.2. The van der Waals surface area contributed by atoms with E-state index in [2.05, 4.69) is 20.6 Å². The second-order valence-corrected chi connectivity index (χ2v) is 7.68. The van der Waals surface area contributed by atoms with Crippen LogP contribution in [0.25, 0.3) is 0 Å². The Balaban J connectivity index is 1.64. The van der Waals surface area contributed by atoms with E-state index in [0.717, 1.165) is 11.8 Å². The molecule has 1 heterocycles. The van der Waals surface area contributed by atoms with Crippen LogP contribution in [0.4, 0.5) is 17.2 Å². The molecule has 0 bridgehead atoms. The molecule has 34 heavy (non-hydrogen) atoms. The van der Waals surface area contributed by atoms with Gasteiger partial charge in [0, 0.05) is 11.3 Å². The second-order valence-electron chi connectivity index (χ2n) is 6.72. The van der Waals surface area contributed by atoms with E-state index in [4.69, 9.17) is 19.9 Å². The Labute approximate surface area is 199 Å². The summed E-state index contributed by atoms with van der Waals surface area (Å²) in [6.07, 6.45) is 0. The molecule has 0 aliphatic heterocycles. The van der Waals surface area contributed by atoms with Crippen LogP contribution in [0.3, 0.4) is 0 Å². The topological polar surface area (TPSA) is 158 Å². The first-order valence-corrected chi connectivity index (χ1v) is 10.8. The predicted octanol–water partition coefficient (Wildman–Crippen LogP) is 2.36. The number of carbonyl (C=O) groups excluding carboxylic acids is 2. The lowest BCUT2D eigenvalue weighted by Gasteiger charge is -2.11. The summed E-state index contributed by atoms with van der Waals surface area (Å²) in [5.41, 5.74) is 5.86. The van der Waals surface area contributed by atoms with Gasteiger partial charge in [-0.2, -0.15) is 0 Å². The van der Waals surface area contributed by atoms with Gasteiger partial charge in [0.05, 0.1) is 27.1 Å². The second kappa shape index (κ2) is 11.1. The summed E-state index contributed by atoms with van der Waals surface area (Å²) in [4.78, 5) is 43.8. The lowest BCUT2D eigenvalue weighted by Crippen LogP contribution is -2.23. The maximum Gasteiger partial charge on any atom is 0.277 e. The van der Waals surface area contributed by atoms with Gasteiger partial charge < -0.3 is 30.6 Å². The fraction of sp³-hybridized carbons (Fsp3) is 0.182. The number of hydrogen-bond donors (Lipinski definition) is 4. The summed E-state index contributed by atoms with van der Waals surface area (Å²) in [5.74, 6) is 0.386. The third-order valence-corrected chi connectivity index (χ3v) is 5.40. The first-order chi connectivity index (χ1) is 16.3. The molecular formula is C22H23N5O6S. The van der Waals surface area contributed by atoms with E-state index in [-0.39, 0.29) is 33.9 Å². The molecule has 0 atom stereocenters. The molecule has 0 spiro atoms. The summed E-state index contributed by atoms with van der Waals surface area (Å²) >= 11 is 0.990. The van der Waals surface area contributed by atoms with Crippen molar-refractivity contribution >= 4 is 40.8 Å². The van der Waals surface area contributed by atoms with Crippen molar-refractivity contribution in [2.75, 3.05) is 43.4 Å². The van der Waals surface area contributed by atoms with Crippen LogP contribution >= 0.6 is 11.8 Å². The standard InChI is InChI=1S/C22H23N5O6S/c1-31-14-7-5-13(6-8-14)24-17(28)11-34-22-26-19(23)18(21(30)27-22)25-20(29)12-4-9-15(32-2)16(10-12)33-3/h4-10H,11H2,1-3H3,(H,24,28)(H,25,29)(H3,23,26,27,30). The normalized spacial score (nSPS) is 10.3. The average Bonchev–Trinajstić information content (AvgIpc) is 2.84. The molecule has 1 aromatic heterocycles. The van der Waals surface area contributed by atoms with Gasteiger partial charge in [-0.25, -0.2) is 4.98 Å². The number of nitrogen functional groups attached to an aromatic ring is 1. The summed E-state index contributed by atoms with van der Waals surface area (Å²) < 4.78 is 15.4. The number of rotatable bonds is 9. The zero-order valence-corrected chi connectivity index (χ0v) is 19.4. The number of anilines is 3. The van der Waals surface area contributed by atoms with Gasteiger partial charge in [0.1, 0.15) is 11.4 Å². The van der Waals surface area contributed by atoms with Crippen molar-refractivity contribution < 1.29 is 23.8 Å². The fourth-order valence-corrected chi connectivity index (χ4v) is 3.49. The molecule has 2 amide bonds. The Hall–Kier alpha value is -4.19. The van der Waals surface area contributed by atoms with Crippen LogP contribution in [0.2, 0.25) is 0 Å². The third-order valence-electron chi connectivity index (χ3n) is 4.52. The highest BCUT2D eigenvalue weighted by Gasteiger charge is 2.16. The average molecular weight is 486 g/mol. The molecule has 178 valence electrons. The highest BCUT2D eigenvalue weighted by Crippen LogP contribution is 2.28. The van der Waals surface area contributed by atoms with Crippen molar-refractivity contribution in [1.29, 1.82) is 0 Å². The number of nitrogens with zero attached hydrogens (tertiary/aromatic N) is 1. The van der Waals surface area contributed by atoms with Crippen LogP contribution < -0.4 is 36.1 Å². The van der Waals surface area contributed by atoms with Gasteiger partial charge in [-0.3, -0.25) is 19.4 Å². The summed E-state index contributed by atoms with van der Waals surface area (Å²) in [6.45, 7) is 0. The molecule has 3 aromatic rings. The van der Waals surface area contributed by atoms with Gasteiger partial charge in [-0.05, 0) is 42.5 Å². The minimum Gasteiger partial charge on any atom is -0.497 e. The molecule has 0 radical (unpaired) electrons. The first kappa shape index (κ1) is 24.5. The van der Waals surface area contributed by atoms with E-state index in [1.807, 2.05) is 0 Å². The number of nitrogens with two attached hydrogens (primary N) is 1. The number of ether oxygens (including phenoxy) is 3. The van der Waals surface area contributed by atoms with Crippen LogP contribution in [0, 0.1) is 0 Å². The number of aromatic amines is 1. The highest BCUT2D eigenvalue weighted by atomic mass is 32.2. The minimum absolute atomic E-state index is 0.0221. The van der Waals surface area contributed by atoms with Gasteiger partial charge in [-0.15, -0.1) is 0 Å². The minimum atomic E-state index is -0.653. The molecule has 0 fully saturated rings. The number of benzene rings is 2. The predicted molar refractivity (Wildman–Crippen MR) is 129 cm³/mol. The number of methoxy groups -OCH3 is 3. The van der Waals surface area contributed by atoms with Gasteiger partial charge >= 0.3 is 0 Å². The Bertz CT molecular complexity index is 1250. The number of hydrogen-bond acceptors (Lipinski definition) is 9. The Morgan fingerprint density at radius 2 is 1.71 bits per heavy atom. The number of thioether (sulfide) groups is 1. The van der Waals surface area contributed by atoms with Crippen molar-refractivity contribution in [2.24, 2.45) is 0 Å². The number of aromatic nitrogens is 2. The van der Waals surface area contributed by atoms with Crippen molar-refractivity contribution in [3.63, 3.8) is 0 Å². The number of nitrogens with one attached hydrogen (secondary N) is 3. The smallest absolute Gasteiger partial charge is 0.277 e. The third kappa shape index (κ3) is 5.98. The molecule has 2 aromatic carbocycles. The molecule has 3 rings (SSSR count). The largest absolute Gasteiger partial charge is 0.497 e. The molecular weight excluding hydrogens is 462 g/mol. The van der Waals surface area contributed by atoms with Crippen molar-refractivity contribution in [1.82, 2.24) is 9.97 Å². The molecule has 11 nitrogen and oxygen atoms in total. The number of amides is 2. The SMILES string of the molecule is COc1ccc(NC(=O)CSc2nc(N)c(NC(=O)c3ccc(OC)c(OC)c3)c(=O)[nH]2)cc1. The monoisotopic (exact) mass is 485 g/mol. The number of carbonyl (C=O) groups is 2. The van der Waals surface area contributed by atoms with Gasteiger partial charge in [0.25, 0.3) is 11.5 Å². The van der Waals surface area contributed by atoms with Gasteiger partial charge in [0.15, 0.2) is 22.5 Å². The van der Waals surface area contributed by atoms with Crippen molar-refractivity contribution in [3.8, 4) is 17.2 Å². The van der Waals surface area contributed by atoms with E-state index in [9.17, 15) is 14.4 Å². The van der Waals surface area contributed by atoms with E-state index in [1.54, 1.807) is 37.4 Å². The Morgan fingerprint density at radius 1 is 1.00 bits per heavy atom. The van der Waals surface area contributed by atoms with Crippen LogP contribution in [-0.4, -0.2) is 48.9 Å². The zero-order valence-electron chi connectivity index (χ0n) is 18.6. The van der Waals surface area contributed by atoms with Crippen LogP contribution in [0.1, 0.15) is 10.4 Å². The van der Waals surface area contributed by atoms with E-state index in [0.29, 0.717) is 22.9 Å². The maximum atomic E-state index is 12.6. The Kier molecular flexibility index (Phi) is 7.98. The van der Waals surface area contributed by atoms with Crippen LogP contribution in [0.5, 0.6) is 17.2 Å². The van der Waals surface area contributed by atoms with E-state index < -0.39 is 11.5 Å². The first-order valence-electron chi connectivity index (χ1n) is 9.84. The Morgan fingerprint density at radius 3 is 2.32 bits per heavy atom. The van der Waals surface area contributed by atoms with Crippen molar-refractivity contribution in [2.45, 2.75) is 5.16 Å². The van der Waals surface area contributed by atoms with E-state index in [1.165, 1.54) is 26.4 Å². The van der Waals surface area contributed by atoms with Gasteiger partial charge in [0.2, 0.25) is 5.91 Å². The fourth-order valence-electron chi connectivity index (χ4n) is 2.83. The molecule has 0 saturated carbocycles. The van der Waals surface area contributed by atoms with Gasteiger partial charge in [-0.1, -0.05) is 11.8 Å². The van der Waals surface area contributed by atoms with Crippen LogP contribution in [0.15, 0.2) is 52.4 Å². The maximum absolute atomic E-state index is 12.6. The summed E-state index contributed by atoms with van der Waals surface area (Å²) in [7, 11) is 4.47. The lowest BCUT2D eigenvalue weighted by molar-refractivity contribution is -0.113. The molecule has 12 heteroatoms. The molecule has 0 aliphatic carbocycles. The van der Waals surface area contributed by atoms with Crippen molar-refractivity contribution in [3.05, 3.63) is 58.4 Å². The van der Waals surface area contributed by atoms with E-state index >= 15 is 0 Å². The molecule has 0 saturated heterocycles. The quantitative estimate of drug-likeness (QED) is 0.264. The molecule has 0 aliphatic rings. The van der Waals surface area contributed by atoms with Crippen LogP contribution in [-0.2, 0) is 4.79 Å². The molecule has 0 unspecified atom stereocenters. The highest BCUT2D eigenvalue weighted by molar-refractivity contribution is 7.99. The summed E-state index contributed by atoms with van der Waals surface area (Å²) in [5, 5.41) is 5.31. The molecule has 5 N–H and O–H groups in total. The number of H-pyrrole nitrogens is 1. The summed E-state index contributed by atoms with van der Waals surface area (Å²) in [6, 6.07) is 11.4. The zero-order chi connectivity index (χ0) is 24.7.